The van der Waals surface area contributed by atoms with E-state index < -0.39 is 12.0 Å². The van der Waals surface area contributed by atoms with Crippen LogP contribution in [0.4, 0.5) is 13.2 Å². The fraction of sp³-hybridized carbons (Fsp3) is 0.167. The number of nitrogens with zero attached hydrogens (tertiary/aromatic N) is 1. The lowest BCUT2D eigenvalue weighted by Crippen LogP contribution is -2.22. The van der Waals surface area contributed by atoms with Crippen LogP contribution in [0, 0.1) is 0 Å². The molecule has 0 saturated heterocycles. The third-order valence-corrected chi connectivity index (χ3v) is 4.03. The van der Waals surface area contributed by atoms with E-state index in [1.165, 1.54) is 12.3 Å². The highest BCUT2D eigenvalue weighted by atomic mass is 35.5. The molecular formula is C18H13ClF3NO2. The van der Waals surface area contributed by atoms with Gasteiger partial charge in [0.1, 0.15) is 12.4 Å². The largest absolute Gasteiger partial charge is 0.490 e. The van der Waals surface area contributed by atoms with Crippen molar-refractivity contribution < 1.29 is 22.7 Å². The molecule has 3 rings (SSSR count). The Morgan fingerprint density at radius 3 is 2.48 bits per heavy atom. The molecule has 0 aliphatic rings. The van der Waals surface area contributed by atoms with E-state index in [1.807, 2.05) is 0 Å². The van der Waals surface area contributed by atoms with Crippen LogP contribution in [0.1, 0.15) is 10.4 Å². The highest BCUT2D eigenvalue weighted by Gasteiger charge is 2.40. The molecule has 0 spiro atoms. The van der Waals surface area contributed by atoms with Crippen molar-refractivity contribution in [3.8, 4) is 5.75 Å². The van der Waals surface area contributed by atoms with Crippen LogP contribution in [0.5, 0.6) is 5.75 Å². The Balaban J connectivity index is 1.85. The maximum atomic E-state index is 12.8. The third kappa shape index (κ3) is 3.64. The van der Waals surface area contributed by atoms with Gasteiger partial charge < -0.3 is 9.30 Å². The molecule has 0 amide bonds. The molecular weight excluding hydrogens is 355 g/mol. The molecule has 0 aliphatic heterocycles. The van der Waals surface area contributed by atoms with Gasteiger partial charge in [0.15, 0.2) is 0 Å². The van der Waals surface area contributed by atoms with E-state index >= 15 is 0 Å². The molecule has 0 saturated carbocycles. The summed E-state index contributed by atoms with van der Waals surface area (Å²) in [4.78, 5) is 11.6. The van der Waals surface area contributed by atoms with Gasteiger partial charge in [0.05, 0.1) is 17.1 Å². The number of alkyl halides is 3. The Bertz CT molecular complexity index is 918. The van der Waals surface area contributed by atoms with Crippen molar-refractivity contribution in [1.29, 1.82) is 0 Å². The fourth-order valence-electron chi connectivity index (χ4n) is 2.58. The van der Waals surface area contributed by atoms with Crippen LogP contribution in [0.25, 0.3) is 10.9 Å². The number of fused-ring (bicyclic) bond motifs is 1. The van der Waals surface area contributed by atoms with Crippen LogP contribution in [0.2, 0.25) is 5.02 Å². The molecule has 0 fully saturated rings. The van der Waals surface area contributed by atoms with Crippen molar-refractivity contribution in [2.45, 2.75) is 12.7 Å². The third-order valence-electron chi connectivity index (χ3n) is 3.72. The molecule has 0 radical (unpaired) electrons. The number of ketones is 1. The monoisotopic (exact) mass is 367 g/mol. The number of rotatable bonds is 5. The van der Waals surface area contributed by atoms with Crippen molar-refractivity contribution in [3.63, 3.8) is 0 Å². The summed E-state index contributed by atoms with van der Waals surface area (Å²) < 4.78 is 45.5. The SMILES string of the molecule is O=C(c1cn(CCOc2ccccc2Cl)c2ccccc12)C(F)(F)F. The summed E-state index contributed by atoms with van der Waals surface area (Å²) in [5.74, 6) is -1.36. The average molecular weight is 368 g/mol. The second-order valence-corrected chi connectivity index (χ2v) is 5.77. The molecule has 1 heterocycles. The van der Waals surface area contributed by atoms with Crippen LogP contribution in [0.15, 0.2) is 54.7 Å². The van der Waals surface area contributed by atoms with E-state index in [2.05, 4.69) is 0 Å². The van der Waals surface area contributed by atoms with Gasteiger partial charge in [-0.25, -0.2) is 0 Å². The van der Waals surface area contributed by atoms with E-state index in [0.29, 0.717) is 16.3 Å². The van der Waals surface area contributed by atoms with Gasteiger partial charge in [-0.05, 0) is 18.2 Å². The van der Waals surface area contributed by atoms with Crippen molar-refractivity contribution >= 4 is 28.3 Å². The summed E-state index contributed by atoms with van der Waals surface area (Å²) in [6.45, 7) is 0.471. The predicted octanol–water partition coefficient (Wildman–Crippen LogP) is 5.12. The number of benzene rings is 2. The Labute approximate surface area is 146 Å². The van der Waals surface area contributed by atoms with Gasteiger partial charge in [-0.15, -0.1) is 0 Å². The van der Waals surface area contributed by atoms with Crippen LogP contribution in [0.3, 0.4) is 0 Å². The van der Waals surface area contributed by atoms with Gasteiger partial charge in [0.2, 0.25) is 0 Å². The van der Waals surface area contributed by atoms with Crippen molar-refractivity contribution in [2.75, 3.05) is 6.61 Å². The summed E-state index contributed by atoms with van der Waals surface area (Å²) in [5.41, 5.74) is 0.179. The molecule has 0 N–H and O–H groups in total. The van der Waals surface area contributed by atoms with Crippen molar-refractivity contribution in [1.82, 2.24) is 4.57 Å². The number of aromatic nitrogens is 1. The van der Waals surface area contributed by atoms with Gasteiger partial charge in [-0.2, -0.15) is 13.2 Å². The Morgan fingerprint density at radius 2 is 1.76 bits per heavy atom. The molecule has 0 bridgehead atoms. The second kappa shape index (κ2) is 6.80. The van der Waals surface area contributed by atoms with Crippen LogP contribution in [-0.4, -0.2) is 23.1 Å². The number of ether oxygens (including phenoxy) is 1. The quantitative estimate of drug-likeness (QED) is 0.586. The predicted molar refractivity (Wildman–Crippen MR) is 89.3 cm³/mol. The lowest BCUT2D eigenvalue weighted by atomic mass is 10.1. The van der Waals surface area contributed by atoms with Crippen molar-refractivity contribution in [3.05, 3.63) is 65.3 Å². The summed E-state index contributed by atoms with van der Waals surface area (Å²) in [5, 5.41) is 0.718. The van der Waals surface area contributed by atoms with Gasteiger partial charge in [0, 0.05) is 17.1 Å². The molecule has 0 aliphatic carbocycles. The zero-order valence-corrected chi connectivity index (χ0v) is 13.6. The first-order valence-electron chi connectivity index (χ1n) is 7.44. The number of para-hydroxylation sites is 2. The normalized spacial score (nSPS) is 11.7. The Morgan fingerprint density at radius 1 is 1.08 bits per heavy atom. The molecule has 1 aromatic heterocycles. The van der Waals surface area contributed by atoms with Gasteiger partial charge in [-0.1, -0.05) is 41.9 Å². The molecule has 3 aromatic rings. The maximum Gasteiger partial charge on any atom is 0.454 e. The first-order valence-corrected chi connectivity index (χ1v) is 7.82. The summed E-state index contributed by atoms with van der Waals surface area (Å²) in [6, 6.07) is 13.4. The zero-order chi connectivity index (χ0) is 18.0. The molecule has 7 heteroatoms. The lowest BCUT2D eigenvalue weighted by Gasteiger charge is -2.09. The minimum absolute atomic E-state index is 0.196. The molecule has 0 unspecified atom stereocenters. The summed E-state index contributed by atoms with van der Waals surface area (Å²) in [7, 11) is 0. The highest BCUT2D eigenvalue weighted by Crippen LogP contribution is 2.29. The van der Waals surface area contributed by atoms with Gasteiger partial charge in [0.25, 0.3) is 5.78 Å². The highest BCUT2D eigenvalue weighted by molar-refractivity contribution is 6.32. The van der Waals surface area contributed by atoms with E-state index in [-0.39, 0.29) is 24.1 Å². The van der Waals surface area contributed by atoms with E-state index in [0.717, 1.165) is 0 Å². The minimum Gasteiger partial charge on any atom is -0.490 e. The van der Waals surface area contributed by atoms with E-state index in [9.17, 15) is 18.0 Å². The van der Waals surface area contributed by atoms with E-state index in [1.54, 1.807) is 47.0 Å². The maximum absolute atomic E-state index is 12.8. The smallest absolute Gasteiger partial charge is 0.454 e. The first kappa shape index (κ1) is 17.4. The minimum atomic E-state index is -4.91. The number of hydrogen-bond acceptors (Lipinski definition) is 2. The first-order chi connectivity index (χ1) is 11.9. The molecule has 25 heavy (non-hydrogen) atoms. The standard InChI is InChI=1S/C18H13ClF3NO2/c19-14-6-2-4-8-16(14)25-10-9-23-11-13(17(24)18(20,21)22)12-5-1-3-7-15(12)23/h1-8,11H,9-10H2. The number of hydrogen-bond donors (Lipinski definition) is 0. The summed E-state index contributed by atoms with van der Waals surface area (Å²) >= 11 is 6.00. The number of carbonyl (C=O) groups excluding carboxylic acids is 1. The fourth-order valence-corrected chi connectivity index (χ4v) is 2.77. The molecule has 2 aromatic carbocycles. The van der Waals surface area contributed by atoms with Crippen LogP contribution in [-0.2, 0) is 6.54 Å². The lowest BCUT2D eigenvalue weighted by molar-refractivity contribution is -0.0884. The molecule has 3 nitrogen and oxygen atoms in total. The van der Waals surface area contributed by atoms with E-state index in [4.69, 9.17) is 16.3 Å². The van der Waals surface area contributed by atoms with Crippen LogP contribution >= 0.6 is 11.6 Å². The number of Topliss-reactive ketones (excluding diaryl/α,β-unsaturated/α-hetero) is 1. The Kier molecular flexibility index (Phi) is 4.72. The molecule has 130 valence electrons. The zero-order valence-electron chi connectivity index (χ0n) is 12.9. The molecule has 0 atom stereocenters. The topological polar surface area (TPSA) is 31.2 Å². The average Bonchev–Trinajstić information content (AvgIpc) is 2.94. The van der Waals surface area contributed by atoms with Gasteiger partial charge >= 0.3 is 6.18 Å². The second-order valence-electron chi connectivity index (χ2n) is 5.36. The number of carbonyl (C=O) groups is 1. The number of halogens is 4. The Hall–Kier alpha value is -2.47. The summed E-state index contributed by atoms with van der Waals surface area (Å²) in [6.07, 6.45) is -3.69. The van der Waals surface area contributed by atoms with Gasteiger partial charge in [-0.3, -0.25) is 4.79 Å². The van der Waals surface area contributed by atoms with Crippen LogP contribution < -0.4 is 4.74 Å². The van der Waals surface area contributed by atoms with Crippen molar-refractivity contribution in [2.24, 2.45) is 0 Å².